The molecule has 6 nitrogen and oxygen atoms in total. The van der Waals surface area contributed by atoms with Crippen molar-refractivity contribution in [2.24, 2.45) is 0 Å². The molecule has 3 aromatic carbocycles. The van der Waals surface area contributed by atoms with Crippen LogP contribution in [0.3, 0.4) is 0 Å². The standard InChI is InChI=1S/C22H16F6N4O2/c23-21(24,25)15-9-13(29)4-6-17(15)31-19(33)11-2-1-3-12(8-11)20(34)32-18-7-5-14(30)10-16(18)22(26,27)28/h1-10H,29-30H2,(H,31,33)(H,32,34). The summed E-state index contributed by atoms with van der Waals surface area (Å²) in [6.45, 7) is 0. The zero-order valence-corrected chi connectivity index (χ0v) is 17.0. The van der Waals surface area contributed by atoms with Crippen LogP contribution >= 0.6 is 0 Å². The number of alkyl halides is 6. The van der Waals surface area contributed by atoms with E-state index in [4.69, 9.17) is 11.5 Å². The normalized spacial score (nSPS) is 11.7. The van der Waals surface area contributed by atoms with Crippen molar-refractivity contribution in [1.82, 2.24) is 0 Å². The molecule has 12 heteroatoms. The molecule has 0 aromatic heterocycles. The van der Waals surface area contributed by atoms with Crippen LogP contribution in [-0.4, -0.2) is 11.8 Å². The first kappa shape index (κ1) is 24.4. The van der Waals surface area contributed by atoms with Crippen LogP contribution in [0, 0.1) is 0 Å². The number of benzene rings is 3. The first-order chi connectivity index (χ1) is 15.8. The summed E-state index contributed by atoms with van der Waals surface area (Å²) in [6.07, 6.45) is -9.59. The van der Waals surface area contributed by atoms with Crippen molar-refractivity contribution in [2.45, 2.75) is 12.4 Å². The Morgan fingerprint density at radius 2 is 1.00 bits per heavy atom. The number of hydrogen-bond donors (Lipinski definition) is 4. The van der Waals surface area contributed by atoms with Gasteiger partial charge < -0.3 is 22.1 Å². The molecule has 0 fully saturated rings. The van der Waals surface area contributed by atoms with Gasteiger partial charge in [-0.05, 0) is 54.6 Å². The van der Waals surface area contributed by atoms with Crippen molar-refractivity contribution in [2.75, 3.05) is 22.1 Å². The average molecular weight is 482 g/mol. The summed E-state index contributed by atoms with van der Waals surface area (Å²) in [5.74, 6) is -1.96. The molecule has 0 spiro atoms. The van der Waals surface area contributed by atoms with E-state index in [0.29, 0.717) is 12.1 Å². The second-order valence-corrected chi connectivity index (χ2v) is 7.09. The quantitative estimate of drug-likeness (QED) is 0.295. The molecule has 6 N–H and O–H groups in total. The minimum Gasteiger partial charge on any atom is -0.399 e. The van der Waals surface area contributed by atoms with Gasteiger partial charge in [-0.25, -0.2) is 0 Å². The molecule has 0 saturated heterocycles. The van der Waals surface area contributed by atoms with Gasteiger partial charge in [0.05, 0.1) is 22.5 Å². The number of anilines is 4. The summed E-state index contributed by atoms with van der Waals surface area (Å²) < 4.78 is 79.5. The van der Waals surface area contributed by atoms with E-state index >= 15 is 0 Å². The van der Waals surface area contributed by atoms with E-state index in [0.717, 1.165) is 18.2 Å². The number of carbonyl (C=O) groups is 2. The van der Waals surface area contributed by atoms with Crippen LogP contribution < -0.4 is 22.1 Å². The van der Waals surface area contributed by atoms with Gasteiger partial charge in [-0.1, -0.05) is 6.07 Å². The molecule has 2 amide bonds. The van der Waals surface area contributed by atoms with E-state index in [9.17, 15) is 35.9 Å². The third-order valence-electron chi connectivity index (χ3n) is 4.58. The molecule has 0 aliphatic heterocycles. The number of nitrogen functional groups attached to an aromatic ring is 2. The SMILES string of the molecule is Nc1ccc(NC(=O)c2cccc(C(=O)Nc3ccc(N)cc3C(F)(F)F)c2)c(C(F)(F)F)c1. The van der Waals surface area contributed by atoms with Crippen molar-refractivity contribution < 1.29 is 35.9 Å². The van der Waals surface area contributed by atoms with E-state index in [1.807, 2.05) is 0 Å². The van der Waals surface area contributed by atoms with Crippen molar-refractivity contribution in [3.63, 3.8) is 0 Å². The molecule has 0 radical (unpaired) electrons. The molecule has 0 saturated carbocycles. The first-order valence-corrected chi connectivity index (χ1v) is 9.42. The van der Waals surface area contributed by atoms with Crippen LogP contribution in [0.2, 0.25) is 0 Å². The fourth-order valence-electron chi connectivity index (χ4n) is 3.00. The predicted molar refractivity (Wildman–Crippen MR) is 114 cm³/mol. The summed E-state index contributed by atoms with van der Waals surface area (Å²) in [5.41, 5.74) is 6.61. The second kappa shape index (κ2) is 8.96. The molecule has 0 bridgehead atoms. The molecule has 0 atom stereocenters. The summed E-state index contributed by atoms with van der Waals surface area (Å²) in [5, 5.41) is 4.21. The maximum Gasteiger partial charge on any atom is 0.418 e. The number of carbonyl (C=O) groups excluding carboxylic acids is 2. The molecule has 0 heterocycles. The maximum absolute atomic E-state index is 13.3. The van der Waals surface area contributed by atoms with E-state index in [1.54, 1.807) is 0 Å². The van der Waals surface area contributed by atoms with Gasteiger partial charge in [0, 0.05) is 22.5 Å². The Morgan fingerprint density at radius 1 is 0.618 bits per heavy atom. The largest absolute Gasteiger partial charge is 0.418 e. The molecule has 0 unspecified atom stereocenters. The van der Waals surface area contributed by atoms with E-state index in [1.165, 1.54) is 30.3 Å². The van der Waals surface area contributed by atoms with Crippen molar-refractivity contribution in [3.05, 3.63) is 82.9 Å². The van der Waals surface area contributed by atoms with Gasteiger partial charge >= 0.3 is 12.4 Å². The van der Waals surface area contributed by atoms with Gasteiger partial charge in [-0.15, -0.1) is 0 Å². The lowest BCUT2D eigenvalue weighted by molar-refractivity contribution is -0.137. The van der Waals surface area contributed by atoms with E-state index < -0.39 is 46.7 Å². The fraction of sp³-hybridized carbons (Fsp3) is 0.0909. The highest BCUT2D eigenvalue weighted by Gasteiger charge is 2.35. The van der Waals surface area contributed by atoms with Crippen molar-refractivity contribution in [3.8, 4) is 0 Å². The second-order valence-electron chi connectivity index (χ2n) is 7.09. The van der Waals surface area contributed by atoms with Crippen LogP contribution in [0.5, 0.6) is 0 Å². The Kier molecular flexibility index (Phi) is 6.44. The van der Waals surface area contributed by atoms with E-state index in [2.05, 4.69) is 10.6 Å². The number of nitrogens with one attached hydrogen (secondary N) is 2. The minimum absolute atomic E-state index is 0.162. The lowest BCUT2D eigenvalue weighted by Gasteiger charge is -2.15. The Labute approximate surface area is 188 Å². The third-order valence-corrected chi connectivity index (χ3v) is 4.58. The number of nitrogens with two attached hydrogens (primary N) is 2. The van der Waals surface area contributed by atoms with Crippen LogP contribution in [0.1, 0.15) is 31.8 Å². The highest BCUT2D eigenvalue weighted by Crippen LogP contribution is 2.37. The molecule has 178 valence electrons. The molecule has 3 rings (SSSR count). The van der Waals surface area contributed by atoms with Gasteiger partial charge in [0.15, 0.2) is 0 Å². The number of halogens is 6. The Balaban J connectivity index is 1.85. The summed E-state index contributed by atoms with van der Waals surface area (Å²) >= 11 is 0. The third kappa shape index (κ3) is 5.57. The van der Waals surface area contributed by atoms with Gasteiger partial charge in [0.25, 0.3) is 11.8 Å². The van der Waals surface area contributed by atoms with Gasteiger partial charge in [0.2, 0.25) is 0 Å². The lowest BCUT2D eigenvalue weighted by atomic mass is 10.1. The molecule has 0 aliphatic carbocycles. The Bertz CT molecular complexity index is 1160. The summed E-state index contributed by atoms with van der Waals surface area (Å²) in [6, 6.07) is 10.3. The van der Waals surface area contributed by atoms with Crippen LogP contribution in [0.25, 0.3) is 0 Å². The van der Waals surface area contributed by atoms with Gasteiger partial charge in [0.1, 0.15) is 0 Å². The number of hydrogen-bond acceptors (Lipinski definition) is 4. The van der Waals surface area contributed by atoms with Crippen molar-refractivity contribution in [1.29, 1.82) is 0 Å². The molecule has 3 aromatic rings. The van der Waals surface area contributed by atoms with Crippen LogP contribution in [0.4, 0.5) is 49.1 Å². The molecular weight excluding hydrogens is 466 g/mol. The predicted octanol–water partition coefficient (Wildman–Crippen LogP) is 5.39. The van der Waals surface area contributed by atoms with E-state index in [-0.39, 0.29) is 22.5 Å². The van der Waals surface area contributed by atoms with Crippen LogP contribution in [0.15, 0.2) is 60.7 Å². The smallest absolute Gasteiger partial charge is 0.399 e. The fourth-order valence-corrected chi connectivity index (χ4v) is 3.00. The highest BCUT2D eigenvalue weighted by molar-refractivity contribution is 6.09. The highest BCUT2D eigenvalue weighted by atomic mass is 19.4. The monoisotopic (exact) mass is 482 g/mol. The molecular formula is C22H16F6N4O2. The Morgan fingerprint density at radius 3 is 1.35 bits per heavy atom. The number of amides is 2. The summed E-state index contributed by atoms with van der Waals surface area (Å²) in [4.78, 5) is 25.1. The average Bonchev–Trinajstić information content (AvgIpc) is 2.74. The summed E-state index contributed by atoms with van der Waals surface area (Å²) in [7, 11) is 0. The zero-order chi connectivity index (χ0) is 25.3. The van der Waals surface area contributed by atoms with Crippen LogP contribution in [-0.2, 0) is 12.4 Å². The van der Waals surface area contributed by atoms with Gasteiger partial charge in [-0.3, -0.25) is 9.59 Å². The molecule has 34 heavy (non-hydrogen) atoms. The first-order valence-electron chi connectivity index (χ1n) is 9.42. The lowest BCUT2D eigenvalue weighted by Crippen LogP contribution is -2.19. The topological polar surface area (TPSA) is 110 Å². The number of rotatable bonds is 4. The minimum atomic E-state index is -4.80. The zero-order valence-electron chi connectivity index (χ0n) is 17.0. The van der Waals surface area contributed by atoms with Gasteiger partial charge in [-0.2, -0.15) is 26.3 Å². The van der Waals surface area contributed by atoms with Crippen molar-refractivity contribution >= 4 is 34.6 Å². The Hall–Kier alpha value is -4.22. The molecule has 0 aliphatic rings. The maximum atomic E-state index is 13.3.